The molecule has 35 heavy (non-hydrogen) atoms. The first-order chi connectivity index (χ1) is 16.8. The standard InChI is InChI=1S/C27H24Br2N2O3S/c1-4-33-23-13-19(22(29)15-24(23)34-16-18-7-9-20(28)10-8-18)14-25-26(32)31(3)27(35-25)30-21-11-5-17(2)6-12-21/h5-15H,4,16H2,1-3H3/b25-14-,30-27?. The van der Waals surface area contributed by atoms with Crippen LogP contribution in [0.2, 0.25) is 0 Å². The molecule has 0 bridgehead atoms. The van der Waals surface area contributed by atoms with E-state index in [1.807, 2.05) is 80.6 Å². The Labute approximate surface area is 226 Å². The fourth-order valence-corrected chi connectivity index (χ4v) is 4.99. The number of carbonyl (C=O) groups excluding carboxylic acids is 1. The maximum Gasteiger partial charge on any atom is 0.266 e. The number of ether oxygens (including phenoxy) is 2. The average molecular weight is 616 g/mol. The topological polar surface area (TPSA) is 51.1 Å². The maximum absolute atomic E-state index is 12.9. The lowest BCUT2D eigenvalue weighted by atomic mass is 10.1. The Balaban J connectivity index is 1.58. The van der Waals surface area contributed by atoms with Crippen molar-refractivity contribution >= 4 is 66.5 Å². The molecule has 4 rings (SSSR count). The zero-order valence-corrected chi connectivity index (χ0v) is 23.5. The minimum Gasteiger partial charge on any atom is -0.490 e. The first kappa shape index (κ1) is 25.5. The van der Waals surface area contributed by atoms with Gasteiger partial charge < -0.3 is 9.47 Å². The molecule has 0 radical (unpaired) electrons. The molecular formula is C27H24Br2N2O3S. The molecule has 0 unspecified atom stereocenters. The molecule has 180 valence electrons. The van der Waals surface area contributed by atoms with E-state index in [1.54, 1.807) is 11.9 Å². The van der Waals surface area contributed by atoms with Crippen molar-refractivity contribution in [3.63, 3.8) is 0 Å². The van der Waals surface area contributed by atoms with E-state index < -0.39 is 0 Å². The second kappa shape index (κ2) is 11.5. The van der Waals surface area contributed by atoms with E-state index in [4.69, 9.17) is 9.47 Å². The summed E-state index contributed by atoms with van der Waals surface area (Å²) in [5, 5.41) is 0.640. The van der Waals surface area contributed by atoms with Crippen LogP contribution in [0.4, 0.5) is 5.69 Å². The van der Waals surface area contributed by atoms with Crippen LogP contribution in [-0.2, 0) is 11.4 Å². The van der Waals surface area contributed by atoms with E-state index in [0.717, 1.165) is 31.3 Å². The number of thioether (sulfide) groups is 1. The van der Waals surface area contributed by atoms with Gasteiger partial charge in [-0.05, 0) is 79.2 Å². The summed E-state index contributed by atoms with van der Waals surface area (Å²) in [6.07, 6.45) is 1.85. The van der Waals surface area contributed by atoms with Gasteiger partial charge in [0, 0.05) is 16.0 Å². The minimum absolute atomic E-state index is 0.0960. The van der Waals surface area contributed by atoms with Crippen molar-refractivity contribution in [3.8, 4) is 11.5 Å². The smallest absolute Gasteiger partial charge is 0.266 e. The van der Waals surface area contributed by atoms with Crippen LogP contribution >= 0.6 is 43.6 Å². The van der Waals surface area contributed by atoms with E-state index in [-0.39, 0.29) is 5.91 Å². The number of aryl methyl sites for hydroxylation is 1. The summed E-state index contributed by atoms with van der Waals surface area (Å²) < 4.78 is 13.7. The first-order valence-electron chi connectivity index (χ1n) is 11.0. The maximum atomic E-state index is 12.9. The van der Waals surface area contributed by atoms with Crippen LogP contribution in [0.5, 0.6) is 11.5 Å². The van der Waals surface area contributed by atoms with Crippen LogP contribution in [0.25, 0.3) is 6.08 Å². The normalized spacial score (nSPS) is 15.8. The molecule has 1 fully saturated rings. The van der Waals surface area contributed by atoms with Gasteiger partial charge in [-0.3, -0.25) is 9.69 Å². The number of aliphatic imine (C=N–C) groups is 1. The van der Waals surface area contributed by atoms with Crippen molar-refractivity contribution in [2.75, 3.05) is 13.7 Å². The molecule has 1 saturated heterocycles. The number of benzene rings is 3. The fourth-order valence-electron chi connectivity index (χ4n) is 3.31. The summed E-state index contributed by atoms with van der Waals surface area (Å²) in [6.45, 7) is 4.87. The summed E-state index contributed by atoms with van der Waals surface area (Å²) in [7, 11) is 1.74. The highest BCUT2D eigenvalue weighted by Gasteiger charge is 2.30. The molecule has 0 atom stereocenters. The zero-order chi connectivity index (χ0) is 24.9. The van der Waals surface area contributed by atoms with Gasteiger partial charge in [-0.15, -0.1) is 0 Å². The lowest BCUT2D eigenvalue weighted by Gasteiger charge is -2.14. The first-order valence-corrected chi connectivity index (χ1v) is 13.4. The van der Waals surface area contributed by atoms with Crippen LogP contribution in [-0.4, -0.2) is 29.6 Å². The molecular weight excluding hydrogens is 592 g/mol. The molecule has 1 aliphatic rings. The van der Waals surface area contributed by atoms with Gasteiger partial charge >= 0.3 is 0 Å². The molecule has 5 nitrogen and oxygen atoms in total. The number of amidine groups is 1. The van der Waals surface area contributed by atoms with E-state index in [1.165, 1.54) is 11.8 Å². The predicted molar refractivity (Wildman–Crippen MR) is 150 cm³/mol. The Bertz CT molecular complexity index is 1290. The lowest BCUT2D eigenvalue weighted by molar-refractivity contribution is -0.121. The molecule has 1 heterocycles. The van der Waals surface area contributed by atoms with Crippen LogP contribution in [0.15, 0.2) is 79.5 Å². The van der Waals surface area contributed by atoms with Gasteiger partial charge in [0.15, 0.2) is 16.7 Å². The minimum atomic E-state index is -0.0960. The summed E-state index contributed by atoms with van der Waals surface area (Å²) in [6, 6.07) is 19.6. The zero-order valence-electron chi connectivity index (χ0n) is 19.5. The summed E-state index contributed by atoms with van der Waals surface area (Å²) in [5.41, 5.74) is 3.85. The molecule has 0 saturated carbocycles. The summed E-state index contributed by atoms with van der Waals surface area (Å²) >= 11 is 8.44. The number of likely N-dealkylation sites (N-methyl/N-ethyl adjacent to an activating group) is 1. The molecule has 8 heteroatoms. The Morgan fingerprint density at radius 1 is 1.00 bits per heavy atom. The van der Waals surface area contributed by atoms with Crippen molar-refractivity contribution in [1.82, 2.24) is 4.90 Å². The highest BCUT2D eigenvalue weighted by atomic mass is 79.9. The van der Waals surface area contributed by atoms with Crippen molar-refractivity contribution in [3.05, 3.63) is 91.2 Å². The molecule has 1 aliphatic heterocycles. The molecule has 0 aliphatic carbocycles. The number of nitrogens with zero attached hydrogens (tertiary/aromatic N) is 2. The number of amides is 1. The van der Waals surface area contributed by atoms with Crippen molar-refractivity contribution in [2.24, 2.45) is 4.99 Å². The number of halogens is 2. The van der Waals surface area contributed by atoms with Crippen LogP contribution in [0.1, 0.15) is 23.6 Å². The van der Waals surface area contributed by atoms with Gasteiger partial charge in [-0.1, -0.05) is 61.7 Å². The van der Waals surface area contributed by atoms with Gasteiger partial charge in [-0.25, -0.2) is 4.99 Å². The van der Waals surface area contributed by atoms with Gasteiger partial charge in [0.25, 0.3) is 5.91 Å². The Morgan fingerprint density at radius 3 is 2.37 bits per heavy atom. The van der Waals surface area contributed by atoms with E-state index in [0.29, 0.717) is 34.8 Å². The van der Waals surface area contributed by atoms with Crippen LogP contribution in [0.3, 0.4) is 0 Å². The summed E-state index contributed by atoms with van der Waals surface area (Å²) in [4.78, 5) is 19.7. The Hall–Kier alpha value is -2.55. The van der Waals surface area contributed by atoms with Crippen molar-refractivity contribution in [2.45, 2.75) is 20.5 Å². The molecule has 3 aromatic rings. The monoisotopic (exact) mass is 614 g/mol. The lowest BCUT2D eigenvalue weighted by Crippen LogP contribution is -2.23. The number of hydrogen-bond acceptors (Lipinski definition) is 5. The third-order valence-corrected chi connectivity index (χ3v) is 7.49. The SMILES string of the molecule is CCOc1cc(/C=C2\SC(=Nc3ccc(C)cc3)N(C)C2=O)c(Br)cc1OCc1ccc(Br)cc1. The Morgan fingerprint density at radius 2 is 1.69 bits per heavy atom. The van der Waals surface area contributed by atoms with E-state index >= 15 is 0 Å². The number of hydrogen-bond donors (Lipinski definition) is 0. The number of rotatable bonds is 7. The average Bonchev–Trinajstić information content (AvgIpc) is 3.10. The summed E-state index contributed by atoms with van der Waals surface area (Å²) in [5.74, 6) is 1.16. The predicted octanol–water partition coefficient (Wildman–Crippen LogP) is 7.73. The highest BCUT2D eigenvalue weighted by Crippen LogP contribution is 2.38. The highest BCUT2D eigenvalue weighted by molar-refractivity contribution is 9.10. The Kier molecular flexibility index (Phi) is 8.36. The van der Waals surface area contributed by atoms with Gasteiger partial charge in [-0.2, -0.15) is 0 Å². The van der Waals surface area contributed by atoms with Gasteiger partial charge in [0.2, 0.25) is 0 Å². The molecule has 3 aromatic carbocycles. The molecule has 1 amide bonds. The molecule has 0 N–H and O–H groups in total. The molecule has 0 spiro atoms. The van der Waals surface area contributed by atoms with Crippen LogP contribution < -0.4 is 9.47 Å². The second-order valence-electron chi connectivity index (χ2n) is 7.87. The third kappa shape index (κ3) is 6.37. The van der Waals surface area contributed by atoms with E-state index in [2.05, 4.69) is 36.9 Å². The van der Waals surface area contributed by atoms with Gasteiger partial charge in [0.05, 0.1) is 17.2 Å². The van der Waals surface area contributed by atoms with Crippen LogP contribution in [0, 0.1) is 6.92 Å². The third-order valence-electron chi connectivity index (χ3n) is 5.22. The fraction of sp³-hybridized carbons (Fsp3) is 0.185. The number of carbonyl (C=O) groups is 1. The molecule has 0 aromatic heterocycles. The largest absolute Gasteiger partial charge is 0.490 e. The van der Waals surface area contributed by atoms with Crippen molar-refractivity contribution in [1.29, 1.82) is 0 Å². The van der Waals surface area contributed by atoms with E-state index in [9.17, 15) is 4.79 Å². The van der Waals surface area contributed by atoms with Crippen molar-refractivity contribution < 1.29 is 14.3 Å². The van der Waals surface area contributed by atoms with Gasteiger partial charge in [0.1, 0.15) is 6.61 Å². The quantitative estimate of drug-likeness (QED) is 0.255. The second-order valence-corrected chi connectivity index (χ2v) is 10.7.